The third-order valence-corrected chi connectivity index (χ3v) is 5.79. The van der Waals surface area contributed by atoms with Crippen LogP contribution in [-0.4, -0.2) is 41.0 Å². The molecule has 0 atom stereocenters. The Bertz CT molecular complexity index is 1510. The van der Waals surface area contributed by atoms with Crippen LogP contribution in [0.3, 0.4) is 0 Å². The molecular weight excluding hydrogens is 468 g/mol. The minimum absolute atomic E-state index is 0.00164. The lowest BCUT2D eigenvalue weighted by Crippen LogP contribution is -2.10. The Balaban J connectivity index is 1.34. The number of para-hydroxylation sites is 2. The van der Waals surface area contributed by atoms with Crippen LogP contribution in [0.1, 0.15) is 5.89 Å². The number of aromatic nitrogens is 4. The number of pyridine rings is 1. The number of oxazole rings is 1. The molecule has 3 heterocycles. The quantitative estimate of drug-likeness (QED) is 0.281. The van der Waals surface area contributed by atoms with E-state index in [0.29, 0.717) is 11.6 Å². The first kappa shape index (κ1) is 22.8. The van der Waals surface area contributed by atoms with Gasteiger partial charge in [0.2, 0.25) is 5.89 Å². The van der Waals surface area contributed by atoms with E-state index in [4.69, 9.17) is 13.3 Å². The van der Waals surface area contributed by atoms with Crippen molar-refractivity contribution in [2.45, 2.75) is 13.2 Å². The molecule has 9 nitrogen and oxygen atoms in total. The van der Waals surface area contributed by atoms with E-state index in [-0.39, 0.29) is 19.8 Å². The maximum Gasteiger partial charge on any atom is 0.264 e. The average Bonchev–Trinajstić information content (AvgIpc) is 3.47. The molecule has 5 aromatic rings. The smallest absolute Gasteiger partial charge is 0.264 e. The summed E-state index contributed by atoms with van der Waals surface area (Å²) >= 11 is 0. The van der Waals surface area contributed by atoms with Gasteiger partial charge in [-0.25, -0.2) is 4.98 Å². The Morgan fingerprint density at radius 1 is 0.971 bits per heavy atom. The molecule has 0 amide bonds. The van der Waals surface area contributed by atoms with Crippen molar-refractivity contribution in [3.05, 3.63) is 85.1 Å². The summed E-state index contributed by atoms with van der Waals surface area (Å²) in [5.41, 5.74) is 4.99. The molecule has 10 heteroatoms. The van der Waals surface area contributed by atoms with Gasteiger partial charge in [-0.1, -0.05) is 12.1 Å². The van der Waals surface area contributed by atoms with E-state index < -0.39 is 10.1 Å². The Hall–Kier alpha value is -4.02. The summed E-state index contributed by atoms with van der Waals surface area (Å²) < 4.78 is 40.6. The molecule has 0 radical (unpaired) electrons. The number of benzene rings is 2. The van der Waals surface area contributed by atoms with Crippen LogP contribution in [0.25, 0.3) is 33.5 Å². The van der Waals surface area contributed by atoms with Gasteiger partial charge < -0.3 is 9.15 Å². The Morgan fingerprint density at radius 2 is 1.74 bits per heavy atom. The lowest BCUT2D eigenvalue weighted by molar-refractivity contribution is 0.267. The van der Waals surface area contributed by atoms with Gasteiger partial charge in [0.25, 0.3) is 10.1 Å². The van der Waals surface area contributed by atoms with E-state index >= 15 is 0 Å². The van der Waals surface area contributed by atoms with Gasteiger partial charge >= 0.3 is 0 Å². The van der Waals surface area contributed by atoms with E-state index in [9.17, 15) is 8.42 Å². The lowest BCUT2D eigenvalue weighted by atomic mass is 10.0. The van der Waals surface area contributed by atoms with Crippen LogP contribution in [0.15, 0.2) is 83.7 Å². The zero-order valence-electron chi connectivity index (χ0n) is 18.9. The Labute approximate surface area is 202 Å². The monoisotopic (exact) mass is 490 g/mol. The normalized spacial score (nSPS) is 11.7. The molecule has 5 rings (SSSR count). The molecular formula is C25H22N4O5S. The number of rotatable bonds is 9. The third kappa shape index (κ3) is 5.56. The third-order valence-electron chi connectivity index (χ3n) is 5.20. The van der Waals surface area contributed by atoms with Gasteiger partial charge in [-0.3, -0.25) is 13.8 Å². The van der Waals surface area contributed by atoms with Crippen molar-refractivity contribution in [2.24, 2.45) is 0 Å². The standard InChI is InChI=1S/C25H22N4O5S/c1-35(30,31)33-15-14-29-16-21(18-10-12-26-13-11-18)25(28-29)19-6-8-20(9-7-19)32-17-24-27-22-4-2-3-5-23(22)34-24/h2-13,16H,14-15,17H2,1H3. The van der Waals surface area contributed by atoms with Gasteiger partial charge in [0.1, 0.15) is 17.0 Å². The highest BCUT2D eigenvalue weighted by Crippen LogP contribution is 2.32. The largest absolute Gasteiger partial charge is 0.484 e. The minimum Gasteiger partial charge on any atom is -0.484 e. The molecule has 0 fully saturated rings. The molecule has 0 saturated heterocycles. The van der Waals surface area contributed by atoms with Gasteiger partial charge in [-0.2, -0.15) is 13.5 Å². The molecule has 0 saturated carbocycles. The number of fused-ring (bicyclic) bond motifs is 1. The van der Waals surface area contributed by atoms with Crippen molar-refractivity contribution in [1.82, 2.24) is 19.7 Å². The Morgan fingerprint density at radius 3 is 2.49 bits per heavy atom. The number of ether oxygens (including phenoxy) is 1. The fourth-order valence-electron chi connectivity index (χ4n) is 3.61. The second-order valence-electron chi connectivity index (χ2n) is 7.80. The van der Waals surface area contributed by atoms with E-state index in [0.717, 1.165) is 39.7 Å². The summed E-state index contributed by atoms with van der Waals surface area (Å²) in [6.45, 7) is 0.500. The molecule has 0 aliphatic carbocycles. The molecule has 178 valence electrons. The summed E-state index contributed by atoms with van der Waals surface area (Å²) in [4.78, 5) is 8.51. The van der Waals surface area contributed by atoms with Crippen molar-refractivity contribution in [2.75, 3.05) is 12.9 Å². The van der Waals surface area contributed by atoms with E-state index in [2.05, 4.69) is 15.1 Å². The van der Waals surface area contributed by atoms with Crippen LogP contribution in [-0.2, 0) is 27.5 Å². The maximum atomic E-state index is 11.3. The zero-order chi connectivity index (χ0) is 24.3. The molecule has 0 bridgehead atoms. The number of nitrogens with zero attached hydrogens (tertiary/aromatic N) is 4. The predicted octanol–water partition coefficient (Wildman–Crippen LogP) is 4.31. The molecule has 2 aromatic carbocycles. The molecule has 0 unspecified atom stereocenters. The topological polar surface area (TPSA) is 109 Å². The van der Waals surface area contributed by atoms with E-state index in [1.165, 1.54) is 0 Å². The van der Waals surface area contributed by atoms with Crippen LogP contribution in [0.2, 0.25) is 0 Å². The highest BCUT2D eigenvalue weighted by atomic mass is 32.2. The summed E-state index contributed by atoms with van der Waals surface area (Å²) in [6.07, 6.45) is 6.32. The van der Waals surface area contributed by atoms with Crippen LogP contribution in [0, 0.1) is 0 Å². The van der Waals surface area contributed by atoms with Crippen molar-refractivity contribution >= 4 is 21.2 Å². The average molecular weight is 491 g/mol. The fraction of sp³-hybridized carbons (Fsp3) is 0.160. The SMILES string of the molecule is CS(=O)(=O)OCCn1cc(-c2ccncc2)c(-c2ccc(OCc3nc4ccccc4o3)cc2)n1. The summed E-state index contributed by atoms with van der Waals surface area (Å²) in [5.74, 6) is 1.17. The first-order valence-corrected chi connectivity index (χ1v) is 12.7. The van der Waals surface area contributed by atoms with Crippen molar-refractivity contribution in [3.63, 3.8) is 0 Å². The molecule has 0 spiro atoms. The van der Waals surface area contributed by atoms with Gasteiger partial charge in [0.15, 0.2) is 12.2 Å². The van der Waals surface area contributed by atoms with E-state index in [1.54, 1.807) is 17.1 Å². The first-order valence-electron chi connectivity index (χ1n) is 10.8. The van der Waals surface area contributed by atoms with Crippen LogP contribution >= 0.6 is 0 Å². The number of hydrogen-bond donors (Lipinski definition) is 0. The second-order valence-corrected chi connectivity index (χ2v) is 9.45. The van der Waals surface area contributed by atoms with Gasteiger partial charge in [-0.15, -0.1) is 0 Å². The van der Waals surface area contributed by atoms with Crippen molar-refractivity contribution < 1.29 is 21.8 Å². The van der Waals surface area contributed by atoms with Gasteiger partial charge in [-0.05, 0) is 54.1 Å². The zero-order valence-corrected chi connectivity index (χ0v) is 19.7. The highest BCUT2D eigenvalue weighted by molar-refractivity contribution is 7.85. The van der Waals surface area contributed by atoms with Gasteiger partial charge in [0, 0.05) is 29.7 Å². The van der Waals surface area contributed by atoms with Crippen molar-refractivity contribution in [1.29, 1.82) is 0 Å². The predicted molar refractivity (Wildman–Crippen MR) is 130 cm³/mol. The number of hydrogen-bond acceptors (Lipinski definition) is 8. The minimum atomic E-state index is -3.51. The summed E-state index contributed by atoms with van der Waals surface area (Å²) in [5, 5.41) is 4.68. The first-order chi connectivity index (χ1) is 16.9. The second kappa shape index (κ2) is 9.69. The summed E-state index contributed by atoms with van der Waals surface area (Å²) in [6, 6.07) is 18.9. The highest BCUT2D eigenvalue weighted by Gasteiger charge is 2.14. The fourth-order valence-corrected chi connectivity index (χ4v) is 3.99. The van der Waals surface area contributed by atoms with E-state index in [1.807, 2.05) is 66.9 Å². The maximum absolute atomic E-state index is 11.3. The molecule has 3 aromatic heterocycles. The van der Waals surface area contributed by atoms with Crippen molar-refractivity contribution in [3.8, 4) is 28.1 Å². The lowest BCUT2D eigenvalue weighted by Gasteiger charge is -2.06. The summed E-state index contributed by atoms with van der Waals surface area (Å²) in [7, 11) is -3.51. The molecule has 35 heavy (non-hydrogen) atoms. The van der Waals surface area contributed by atoms with Crippen LogP contribution < -0.4 is 4.74 Å². The van der Waals surface area contributed by atoms with Gasteiger partial charge in [0.05, 0.1) is 19.4 Å². The van der Waals surface area contributed by atoms with Crippen LogP contribution in [0.5, 0.6) is 5.75 Å². The molecule has 0 N–H and O–H groups in total. The molecule has 0 aliphatic rings. The Kier molecular flexibility index (Phi) is 6.30. The molecule has 0 aliphatic heterocycles. The van der Waals surface area contributed by atoms with Crippen LogP contribution in [0.4, 0.5) is 0 Å².